The van der Waals surface area contributed by atoms with Crippen LogP contribution in [0.3, 0.4) is 0 Å². The first-order valence-corrected chi connectivity index (χ1v) is 6.47. The second-order valence-corrected chi connectivity index (χ2v) is 4.67. The molecule has 0 rings (SSSR count). The fourth-order valence-electron chi connectivity index (χ4n) is 2.27. The first kappa shape index (κ1) is 14.1. The molecule has 82 valence electrons. The standard InChI is InChI=1S/C13H27B/c1-4-7-8-9-12-13(14,10-5-2)11-6-3/h4-12H2,1-3H3. The van der Waals surface area contributed by atoms with E-state index in [4.69, 9.17) is 7.85 Å². The van der Waals surface area contributed by atoms with Crippen LogP contribution in [0.5, 0.6) is 0 Å². The molecule has 2 radical (unpaired) electrons. The van der Waals surface area contributed by atoms with E-state index in [1.54, 1.807) is 0 Å². The number of hydrogen-bond acceptors (Lipinski definition) is 0. The highest BCUT2D eigenvalue weighted by Gasteiger charge is 2.20. The molecule has 0 aromatic rings. The van der Waals surface area contributed by atoms with Crippen LogP contribution in [0.2, 0.25) is 5.31 Å². The summed E-state index contributed by atoms with van der Waals surface area (Å²) in [6.07, 6.45) is 11.5. The third kappa shape index (κ3) is 6.51. The van der Waals surface area contributed by atoms with Gasteiger partial charge in [0.05, 0.1) is 7.85 Å². The largest absolute Gasteiger partial charge is 0.0746 e. The molecule has 0 aliphatic heterocycles. The maximum absolute atomic E-state index is 6.40. The lowest BCUT2D eigenvalue weighted by Gasteiger charge is -2.29. The minimum Gasteiger partial charge on any atom is -0.0661 e. The smallest absolute Gasteiger partial charge is 0.0661 e. The zero-order chi connectivity index (χ0) is 10.9. The third-order valence-corrected chi connectivity index (χ3v) is 3.02. The Morgan fingerprint density at radius 1 is 0.714 bits per heavy atom. The van der Waals surface area contributed by atoms with Crippen LogP contribution in [-0.2, 0) is 0 Å². The average Bonchev–Trinajstić information content (AvgIpc) is 2.13. The monoisotopic (exact) mass is 194 g/mol. The van der Waals surface area contributed by atoms with Gasteiger partial charge in [0, 0.05) is 0 Å². The maximum Gasteiger partial charge on any atom is 0.0746 e. The van der Waals surface area contributed by atoms with E-state index in [2.05, 4.69) is 20.8 Å². The summed E-state index contributed by atoms with van der Waals surface area (Å²) in [7, 11) is 6.40. The van der Waals surface area contributed by atoms with Crippen LogP contribution < -0.4 is 0 Å². The summed E-state index contributed by atoms with van der Waals surface area (Å²) in [4.78, 5) is 0. The Kier molecular flexibility index (Phi) is 8.42. The van der Waals surface area contributed by atoms with Crippen LogP contribution in [-0.4, -0.2) is 7.85 Å². The molecule has 0 unspecified atom stereocenters. The fraction of sp³-hybridized carbons (Fsp3) is 1.00. The SMILES string of the molecule is [B]C(CCC)(CCC)CCCCCC. The Morgan fingerprint density at radius 2 is 1.29 bits per heavy atom. The van der Waals surface area contributed by atoms with E-state index < -0.39 is 0 Å². The van der Waals surface area contributed by atoms with Gasteiger partial charge in [-0.1, -0.05) is 83.9 Å². The van der Waals surface area contributed by atoms with Crippen molar-refractivity contribution in [2.24, 2.45) is 0 Å². The van der Waals surface area contributed by atoms with Gasteiger partial charge in [0.2, 0.25) is 0 Å². The van der Waals surface area contributed by atoms with Gasteiger partial charge < -0.3 is 0 Å². The van der Waals surface area contributed by atoms with Gasteiger partial charge in [-0.2, -0.15) is 0 Å². The van der Waals surface area contributed by atoms with Crippen LogP contribution in [0.4, 0.5) is 0 Å². The average molecular weight is 194 g/mol. The molecule has 0 heterocycles. The van der Waals surface area contributed by atoms with E-state index in [1.807, 2.05) is 0 Å². The Balaban J connectivity index is 3.71. The van der Waals surface area contributed by atoms with Gasteiger partial charge in [-0.05, 0) is 0 Å². The minimum absolute atomic E-state index is 0.150. The second-order valence-electron chi connectivity index (χ2n) is 4.67. The van der Waals surface area contributed by atoms with E-state index in [-0.39, 0.29) is 5.31 Å². The molecule has 0 aromatic carbocycles. The first-order chi connectivity index (χ1) is 6.68. The molecule has 0 saturated carbocycles. The van der Waals surface area contributed by atoms with Gasteiger partial charge in [-0.25, -0.2) is 0 Å². The van der Waals surface area contributed by atoms with Crippen LogP contribution in [0, 0.1) is 0 Å². The predicted molar refractivity (Wildman–Crippen MR) is 67.0 cm³/mol. The molecule has 0 aliphatic rings. The quantitative estimate of drug-likeness (QED) is 0.362. The number of rotatable bonds is 9. The van der Waals surface area contributed by atoms with Gasteiger partial charge in [0.1, 0.15) is 0 Å². The van der Waals surface area contributed by atoms with E-state index >= 15 is 0 Å². The summed E-state index contributed by atoms with van der Waals surface area (Å²) in [5.41, 5.74) is 0. The van der Waals surface area contributed by atoms with E-state index in [0.29, 0.717) is 0 Å². The third-order valence-electron chi connectivity index (χ3n) is 3.02. The maximum atomic E-state index is 6.40. The summed E-state index contributed by atoms with van der Waals surface area (Å²) in [6, 6.07) is 0. The molecular weight excluding hydrogens is 167 g/mol. The Hall–Kier alpha value is 0.0649. The normalized spacial score (nSPS) is 11.9. The molecule has 0 amide bonds. The minimum atomic E-state index is 0.150. The molecule has 0 spiro atoms. The van der Waals surface area contributed by atoms with Crippen LogP contribution in [0.15, 0.2) is 0 Å². The molecule has 0 saturated heterocycles. The summed E-state index contributed by atoms with van der Waals surface area (Å²) in [5, 5.41) is 0.150. The molecule has 0 bridgehead atoms. The molecular formula is C13H27B. The van der Waals surface area contributed by atoms with Gasteiger partial charge in [0.15, 0.2) is 0 Å². The van der Waals surface area contributed by atoms with Gasteiger partial charge in [0.25, 0.3) is 0 Å². The van der Waals surface area contributed by atoms with Crippen molar-refractivity contribution >= 4 is 7.85 Å². The van der Waals surface area contributed by atoms with Crippen molar-refractivity contribution in [3.8, 4) is 0 Å². The van der Waals surface area contributed by atoms with E-state index in [0.717, 1.165) is 0 Å². The van der Waals surface area contributed by atoms with E-state index in [9.17, 15) is 0 Å². The van der Waals surface area contributed by atoms with Crippen LogP contribution >= 0.6 is 0 Å². The highest BCUT2D eigenvalue weighted by molar-refractivity contribution is 6.15. The van der Waals surface area contributed by atoms with Crippen molar-refractivity contribution in [1.29, 1.82) is 0 Å². The van der Waals surface area contributed by atoms with Gasteiger partial charge in [-0.15, -0.1) is 0 Å². The Bertz CT molecular complexity index is 114. The second kappa shape index (κ2) is 8.38. The highest BCUT2D eigenvalue weighted by Crippen LogP contribution is 2.39. The number of hydrogen-bond donors (Lipinski definition) is 0. The Labute approximate surface area is 92.3 Å². The summed E-state index contributed by atoms with van der Waals surface area (Å²) in [5.74, 6) is 0. The predicted octanol–water partition coefficient (Wildman–Crippen LogP) is 4.88. The molecule has 0 nitrogen and oxygen atoms in total. The molecule has 0 atom stereocenters. The first-order valence-electron chi connectivity index (χ1n) is 6.47. The molecule has 0 N–H and O–H groups in total. The summed E-state index contributed by atoms with van der Waals surface area (Å²) >= 11 is 0. The van der Waals surface area contributed by atoms with Crippen molar-refractivity contribution in [1.82, 2.24) is 0 Å². The molecule has 14 heavy (non-hydrogen) atoms. The zero-order valence-corrected chi connectivity index (χ0v) is 10.4. The van der Waals surface area contributed by atoms with Gasteiger partial charge >= 0.3 is 0 Å². The highest BCUT2D eigenvalue weighted by atomic mass is 14.2. The van der Waals surface area contributed by atoms with E-state index in [1.165, 1.54) is 57.8 Å². The van der Waals surface area contributed by atoms with Crippen molar-refractivity contribution in [3.63, 3.8) is 0 Å². The van der Waals surface area contributed by atoms with Crippen molar-refractivity contribution in [3.05, 3.63) is 0 Å². The van der Waals surface area contributed by atoms with Crippen LogP contribution in [0.1, 0.15) is 78.6 Å². The summed E-state index contributed by atoms with van der Waals surface area (Å²) in [6.45, 7) is 6.74. The van der Waals surface area contributed by atoms with Crippen LogP contribution in [0.25, 0.3) is 0 Å². The zero-order valence-electron chi connectivity index (χ0n) is 10.4. The molecule has 1 heteroatoms. The Morgan fingerprint density at radius 3 is 1.71 bits per heavy atom. The van der Waals surface area contributed by atoms with Crippen molar-refractivity contribution < 1.29 is 0 Å². The molecule has 0 aliphatic carbocycles. The summed E-state index contributed by atoms with van der Waals surface area (Å²) < 4.78 is 0. The lowest BCUT2D eigenvalue weighted by molar-refractivity contribution is 0.414. The van der Waals surface area contributed by atoms with Crippen molar-refractivity contribution in [2.75, 3.05) is 0 Å². The van der Waals surface area contributed by atoms with Crippen molar-refractivity contribution in [2.45, 2.75) is 83.9 Å². The lowest BCUT2D eigenvalue weighted by atomic mass is 9.60. The fourth-order valence-corrected chi connectivity index (χ4v) is 2.27. The van der Waals surface area contributed by atoms with Gasteiger partial charge in [-0.3, -0.25) is 0 Å². The molecule has 0 aromatic heterocycles. The number of unbranched alkanes of at least 4 members (excludes halogenated alkanes) is 3. The molecule has 0 fully saturated rings. The lowest BCUT2D eigenvalue weighted by Crippen LogP contribution is -2.12. The topological polar surface area (TPSA) is 0 Å².